The monoisotopic (exact) mass is 357 g/mol. The molecule has 4 rings (SSSR count). The average Bonchev–Trinajstić information content (AvgIpc) is 3.10. The number of hydrazone groups is 1. The number of benzene rings is 2. The Morgan fingerprint density at radius 3 is 2.92 bits per heavy atom. The Labute approximate surface area is 150 Å². The van der Waals surface area contributed by atoms with E-state index in [1.54, 1.807) is 11.8 Å². The second-order valence-electron chi connectivity index (χ2n) is 5.47. The summed E-state index contributed by atoms with van der Waals surface area (Å²) in [5.74, 6) is 1.50. The van der Waals surface area contributed by atoms with E-state index in [1.165, 1.54) is 5.56 Å². The molecule has 0 saturated heterocycles. The van der Waals surface area contributed by atoms with Crippen molar-refractivity contribution in [1.29, 1.82) is 0 Å². The third kappa shape index (κ3) is 3.01. The Balaban J connectivity index is 1.42. The molecule has 1 atom stereocenters. The highest BCUT2D eigenvalue weighted by atomic mass is 35.5. The summed E-state index contributed by atoms with van der Waals surface area (Å²) in [5.41, 5.74) is 2.28. The van der Waals surface area contributed by atoms with Gasteiger partial charge in [0.1, 0.15) is 5.75 Å². The summed E-state index contributed by atoms with van der Waals surface area (Å²) >= 11 is 7.75. The Morgan fingerprint density at radius 2 is 2.00 bits per heavy atom. The predicted octanol–water partition coefficient (Wildman–Crippen LogP) is 4.89. The molecule has 0 spiro atoms. The Morgan fingerprint density at radius 1 is 1.17 bits per heavy atom. The highest BCUT2D eigenvalue weighted by molar-refractivity contribution is 8.13. The molecule has 4 nitrogen and oxygen atoms in total. The van der Waals surface area contributed by atoms with Crippen molar-refractivity contribution in [3.8, 4) is 5.75 Å². The first kappa shape index (κ1) is 15.5. The van der Waals surface area contributed by atoms with Gasteiger partial charge >= 0.3 is 0 Å². The van der Waals surface area contributed by atoms with Gasteiger partial charge in [-0.25, -0.2) is 10.0 Å². The first-order valence-corrected chi connectivity index (χ1v) is 9.19. The summed E-state index contributed by atoms with van der Waals surface area (Å²) in [7, 11) is 0. The summed E-state index contributed by atoms with van der Waals surface area (Å²) in [6, 6.07) is 16.1. The molecular formula is C18H16ClN3OS. The molecule has 122 valence electrons. The van der Waals surface area contributed by atoms with Gasteiger partial charge in [0.2, 0.25) is 0 Å². The van der Waals surface area contributed by atoms with Crippen LogP contribution in [0.2, 0.25) is 5.02 Å². The van der Waals surface area contributed by atoms with Crippen molar-refractivity contribution < 1.29 is 4.74 Å². The van der Waals surface area contributed by atoms with Gasteiger partial charge in [-0.15, -0.1) is 0 Å². The normalized spacial score (nSPS) is 18.1. The summed E-state index contributed by atoms with van der Waals surface area (Å²) in [4.78, 5) is 4.76. The number of halogens is 1. The lowest BCUT2D eigenvalue weighted by Crippen LogP contribution is -2.28. The van der Waals surface area contributed by atoms with Gasteiger partial charge in [-0.2, -0.15) is 5.10 Å². The average molecular weight is 358 g/mol. The number of thioether (sulfide) groups is 1. The number of aliphatic imine (C=N–C) groups is 1. The van der Waals surface area contributed by atoms with Gasteiger partial charge in [-0.3, -0.25) is 0 Å². The van der Waals surface area contributed by atoms with Gasteiger partial charge in [0.05, 0.1) is 23.4 Å². The lowest BCUT2D eigenvalue weighted by molar-refractivity contribution is 0.343. The van der Waals surface area contributed by atoms with Crippen LogP contribution in [0.4, 0.5) is 5.69 Å². The molecule has 0 amide bonds. The van der Waals surface area contributed by atoms with Crippen LogP contribution < -0.4 is 4.74 Å². The number of ether oxygens (including phenoxy) is 1. The maximum Gasteiger partial charge on any atom is 0.185 e. The summed E-state index contributed by atoms with van der Waals surface area (Å²) < 4.78 is 5.74. The molecule has 2 aliphatic heterocycles. The molecule has 2 aromatic carbocycles. The predicted molar refractivity (Wildman–Crippen MR) is 101 cm³/mol. The lowest BCUT2D eigenvalue weighted by Gasteiger charge is -2.29. The fourth-order valence-corrected chi connectivity index (χ4v) is 3.84. The van der Waals surface area contributed by atoms with E-state index in [0.717, 1.165) is 23.0 Å². The number of hydrogen-bond donors (Lipinski definition) is 0. The third-order valence-corrected chi connectivity index (χ3v) is 5.17. The fraction of sp³-hybridized carbons (Fsp3) is 0.222. The highest BCUT2D eigenvalue weighted by Gasteiger charge is 2.32. The lowest BCUT2D eigenvalue weighted by atomic mass is 10.0. The van der Waals surface area contributed by atoms with Crippen LogP contribution in [0.25, 0.3) is 0 Å². The van der Waals surface area contributed by atoms with Crippen molar-refractivity contribution in [2.75, 3.05) is 12.4 Å². The molecule has 6 heteroatoms. The zero-order chi connectivity index (χ0) is 16.4. The maximum absolute atomic E-state index is 6.10. The number of rotatable bonds is 4. The Hall–Kier alpha value is -1.98. The van der Waals surface area contributed by atoms with Crippen molar-refractivity contribution in [3.63, 3.8) is 0 Å². The van der Waals surface area contributed by atoms with Crippen LogP contribution in [0.15, 0.2) is 58.6 Å². The standard InChI is InChI=1S/C18H16ClN3OS/c19-14-6-2-4-8-17(14)23-11-12-24-18-21-15-7-3-1-5-13(15)16-9-10-20-22(16)18/h1-8,10,16H,9,11-12H2. The molecule has 0 N–H and O–H groups in total. The minimum atomic E-state index is 0.269. The first-order chi connectivity index (χ1) is 11.8. The van der Waals surface area contributed by atoms with Crippen molar-refractivity contribution in [2.24, 2.45) is 10.1 Å². The largest absolute Gasteiger partial charge is 0.491 e. The van der Waals surface area contributed by atoms with Crippen LogP contribution in [0.3, 0.4) is 0 Å². The fourth-order valence-electron chi connectivity index (χ4n) is 2.83. The van der Waals surface area contributed by atoms with E-state index in [4.69, 9.17) is 21.3 Å². The molecule has 1 unspecified atom stereocenters. The highest BCUT2D eigenvalue weighted by Crippen LogP contribution is 2.40. The number of para-hydroxylation sites is 2. The van der Waals surface area contributed by atoms with Crippen molar-refractivity contribution >= 4 is 40.4 Å². The molecule has 2 aliphatic rings. The van der Waals surface area contributed by atoms with Gasteiger partial charge in [-0.1, -0.05) is 53.7 Å². The molecule has 0 saturated carbocycles. The van der Waals surface area contributed by atoms with Crippen LogP contribution in [0.1, 0.15) is 18.0 Å². The summed E-state index contributed by atoms with van der Waals surface area (Å²) in [5, 5.41) is 8.06. The van der Waals surface area contributed by atoms with E-state index in [9.17, 15) is 0 Å². The molecule has 2 aromatic rings. The first-order valence-electron chi connectivity index (χ1n) is 7.82. The second-order valence-corrected chi connectivity index (χ2v) is 6.94. The van der Waals surface area contributed by atoms with E-state index < -0.39 is 0 Å². The van der Waals surface area contributed by atoms with Gasteiger partial charge in [0.25, 0.3) is 0 Å². The van der Waals surface area contributed by atoms with E-state index in [1.807, 2.05) is 41.6 Å². The molecule has 0 aromatic heterocycles. The van der Waals surface area contributed by atoms with Crippen molar-refractivity contribution in [1.82, 2.24) is 5.01 Å². The minimum absolute atomic E-state index is 0.269. The topological polar surface area (TPSA) is 37.2 Å². The van der Waals surface area contributed by atoms with Crippen LogP contribution in [0, 0.1) is 0 Å². The van der Waals surface area contributed by atoms with Crippen molar-refractivity contribution in [2.45, 2.75) is 12.5 Å². The SMILES string of the molecule is Clc1ccccc1OCCSC1=Nc2ccccc2C2CC=NN12. The molecule has 0 radical (unpaired) electrons. The molecule has 24 heavy (non-hydrogen) atoms. The van der Waals surface area contributed by atoms with Gasteiger partial charge < -0.3 is 4.74 Å². The summed E-state index contributed by atoms with van der Waals surface area (Å²) in [6.07, 6.45) is 2.88. The molecule has 2 heterocycles. The number of nitrogens with zero attached hydrogens (tertiary/aromatic N) is 3. The van der Waals surface area contributed by atoms with E-state index in [0.29, 0.717) is 17.4 Å². The van der Waals surface area contributed by atoms with E-state index in [-0.39, 0.29) is 6.04 Å². The number of fused-ring (bicyclic) bond motifs is 3. The van der Waals surface area contributed by atoms with Crippen molar-refractivity contribution in [3.05, 3.63) is 59.1 Å². The second kappa shape index (κ2) is 6.87. The summed E-state index contributed by atoms with van der Waals surface area (Å²) in [6.45, 7) is 0.567. The molecule has 0 aliphatic carbocycles. The van der Waals surface area contributed by atoms with Crippen LogP contribution >= 0.6 is 23.4 Å². The third-order valence-electron chi connectivity index (χ3n) is 3.95. The van der Waals surface area contributed by atoms with Gasteiger partial charge in [-0.05, 0) is 18.2 Å². The number of hydrogen-bond acceptors (Lipinski definition) is 5. The smallest absolute Gasteiger partial charge is 0.185 e. The van der Waals surface area contributed by atoms with Crippen LogP contribution in [-0.4, -0.2) is 28.8 Å². The van der Waals surface area contributed by atoms with Gasteiger partial charge in [0.15, 0.2) is 5.17 Å². The zero-order valence-corrected chi connectivity index (χ0v) is 14.5. The minimum Gasteiger partial charge on any atom is -0.491 e. The Kier molecular flexibility index (Phi) is 4.45. The van der Waals surface area contributed by atoms with Gasteiger partial charge in [0, 0.05) is 24.0 Å². The molecular weight excluding hydrogens is 342 g/mol. The van der Waals surface area contributed by atoms with E-state index in [2.05, 4.69) is 23.3 Å². The quantitative estimate of drug-likeness (QED) is 0.731. The maximum atomic E-state index is 6.10. The van der Waals surface area contributed by atoms with E-state index >= 15 is 0 Å². The van der Waals surface area contributed by atoms with Crippen LogP contribution in [-0.2, 0) is 0 Å². The van der Waals surface area contributed by atoms with Crippen LogP contribution in [0.5, 0.6) is 5.75 Å². The zero-order valence-electron chi connectivity index (χ0n) is 12.9. The molecule has 0 fully saturated rings. The molecule has 0 bridgehead atoms. The number of amidine groups is 1. The Bertz CT molecular complexity index is 808.